The van der Waals surface area contributed by atoms with Crippen molar-refractivity contribution in [2.24, 2.45) is 0 Å². The Morgan fingerprint density at radius 3 is 2.08 bits per heavy atom. The van der Waals surface area contributed by atoms with Gasteiger partial charge in [-0.25, -0.2) is 9.59 Å². The first-order valence-corrected chi connectivity index (χ1v) is 8.29. The van der Waals surface area contributed by atoms with Crippen LogP contribution in [0.15, 0.2) is 0 Å². The molecule has 148 valence electrons. The van der Waals surface area contributed by atoms with E-state index in [4.69, 9.17) is 9.84 Å². The van der Waals surface area contributed by atoms with Crippen LogP contribution in [-0.2, 0) is 28.7 Å². The molecule has 0 bridgehead atoms. The molecular weight excluding hydrogens is 346 g/mol. The highest BCUT2D eigenvalue weighted by molar-refractivity contribution is 5.90. The van der Waals surface area contributed by atoms with E-state index in [1.54, 1.807) is 0 Å². The summed E-state index contributed by atoms with van der Waals surface area (Å²) < 4.78 is 4.69. The Kier molecular flexibility index (Phi) is 10.6. The fourth-order valence-electron chi connectivity index (χ4n) is 1.95. The van der Waals surface area contributed by atoms with Gasteiger partial charge in [-0.1, -0.05) is 0 Å². The van der Waals surface area contributed by atoms with E-state index >= 15 is 0 Å². The molecule has 10 heteroatoms. The van der Waals surface area contributed by atoms with Crippen molar-refractivity contribution in [2.75, 3.05) is 6.54 Å². The van der Waals surface area contributed by atoms with Crippen LogP contribution in [0, 0.1) is 0 Å². The van der Waals surface area contributed by atoms with Crippen molar-refractivity contribution in [3.8, 4) is 0 Å². The molecule has 0 aromatic heterocycles. The molecule has 0 aromatic carbocycles. The van der Waals surface area contributed by atoms with Gasteiger partial charge in [-0.3, -0.25) is 14.4 Å². The van der Waals surface area contributed by atoms with Gasteiger partial charge in [0.25, 0.3) is 0 Å². The standard InChI is InChI=1S/C16H27N3O7/c1-9(16(25)26-10(2)15(23)24)18-14(22)13(19-12(4)21)7-5-6-8-17-11(3)20/h9-10,13H,5-8H2,1-4H3,(H,17,20)(H,18,22)(H,19,21)(H,23,24)/t9-,10-,13-/m0/s1. The Morgan fingerprint density at radius 1 is 0.962 bits per heavy atom. The lowest BCUT2D eigenvalue weighted by atomic mass is 10.1. The van der Waals surface area contributed by atoms with Crippen molar-refractivity contribution in [3.63, 3.8) is 0 Å². The third-order valence-corrected chi connectivity index (χ3v) is 3.34. The fourth-order valence-corrected chi connectivity index (χ4v) is 1.95. The van der Waals surface area contributed by atoms with Crippen LogP contribution < -0.4 is 16.0 Å². The summed E-state index contributed by atoms with van der Waals surface area (Å²) in [5, 5.41) is 16.2. The number of carboxylic acid groups (broad SMARTS) is 1. The molecule has 0 spiro atoms. The minimum atomic E-state index is -1.33. The molecule has 10 nitrogen and oxygen atoms in total. The Morgan fingerprint density at radius 2 is 1.58 bits per heavy atom. The quantitative estimate of drug-likeness (QED) is 0.277. The van der Waals surface area contributed by atoms with Gasteiger partial charge in [0, 0.05) is 20.4 Å². The van der Waals surface area contributed by atoms with Crippen LogP contribution in [0.5, 0.6) is 0 Å². The molecule has 0 aromatic rings. The molecule has 0 aliphatic heterocycles. The lowest BCUT2D eigenvalue weighted by Gasteiger charge is -2.21. The molecule has 0 saturated heterocycles. The van der Waals surface area contributed by atoms with Crippen molar-refractivity contribution in [1.29, 1.82) is 0 Å². The van der Waals surface area contributed by atoms with Gasteiger partial charge >= 0.3 is 11.9 Å². The molecule has 3 atom stereocenters. The second-order valence-electron chi connectivity index (χ2n) is 5.88. The van der Waals surface area contributed by atoms with Crippen molar-refractivity contribution in [3.05, 3.63) is 0 Å². The van der Waals surface area contributed by atoms with Gasteiger partial charge in [-0.05, 0) is 33.1 Å². The molecule has 0 heterocycles. The molecule has 0 fully saturated rings. The Hall–Kier alpha value is -2.65. The number of hydrogen-bond donors (Lipinski definition) is 4. The molecule has 3 amide bonds. The first-order valence-electron chi connectivity index (χ1n) is 8.29. The monoisotopic (exact) mass is 373 g/mol. The van der Waals surface area contributed by atoms with Gasteiger partial charge in [-0.15, -0.1) is 0 Å². The molecule has 0 saturated carbocycles. The van der Waals surface area contributed by atoms with E-state index in [9.17, 15) is 24.0 Å². The zero-order valence-corrected chi connectivity index (χ0v) is 15.5. The molecule has 0 aliphatic carbocycles. The number of rotatable bonds is 11. The average molecular weight is 373 g/mol. The topological polar surface area (TPSA) is 151 Å². The number of amides is 3. The predicted molar refractivity (Wildman–Crippen MR) is 90.9 cm³/mol. The molecule has 0 unspecified atom stereocenters. The van der Waals surface area contributed by atoms with E-state index in [1.807, 2.05) is 0 Å². The Balaban J connectivity index is 4.56. The molecule has 0 aliphatic rings. The maximum Gasteiger partial charge on any atom is 0.344 e. The van der Waals surface area contributed by atoms with Crippen LogP contribution in [-0.4, -0.2) is 59.5 Å². The van der Waals surface area contributed by atoms with Crippen LogP contribution >= 0.6 is 0 Å². The number of nitrogens with one attached hydrogen (secondary N) is 3. The molecule has 0 rings (SSSR count). The summed E-state index contributed by atoms with van der Waals surface area (Å²) in [4.78, 5) is 56.8. The average Bonchev–Trinajstić information content (AvgIpc) is 2.52. The minimum Gasteiger partial charge on any atom is -0.479 e. The van der Waals surface area contributed by atoms with Crippen LogP contribution in [0.1, 0.15) is 47.0 Å². The van der Waals surface area contributed by atoms with E-state index in [2.05, 4.69) is 16.0 Å². The number of carboxylic acids is 1. The summed E-state index contributed by atoms with van der Waals surface area (Å²) in [6.45, 7) is 5.68. The zero-order chi connectivity index (χ0) is 20.3. The number of hydrogen-bond acceptors (Lipinski definition) is 6. The zero-order valence-electron chi connectivity index (χ0n) is 15.5. The van der Waals surface area contributed by atoms with Crippen LogP contribution in [0.2, 0.25) is 0 Å². The highest BCUT2D eigenvalue weighted by Crippen LogP contribution is 2.03. The minimum absolute atomic E-state index is 0.149. The summed E-state index contributed by atoms with van der Waals surface area (Å²) >= 11 is 0. The van der Waals surface area contributed by atoms with Gasteiger partial charge in [-0.2, -0.15) is 0 Å². The highest BCUT2D eigenvalue weighted by Gasteiger charge is 2.26. The lowest BCUT2D eigenvalue weighted by molar-refractivity contribution is -0.164. The van der Waals surface area contributed by atoms with E-state index in [1.165, 1.54) is 27.7 Å². The third kappa shape index (κ3) is 10.3. The normalized spacial score (nSPS) is 13.7. The maximum absolute atomic E-state index is 12.3. The van der Waals surface area contributed by atoms with Crippen LogP contribution in [0.3, 0.4) is 0 Å². The highest BCUT2D eigenvalue weighted by atomic mass is 16.6. The second-order valence-corrected chi connectivity index (χ2v) is 5.88. The number of esters is 1. The molecular formula is C16H27N3O7. The van der Waals surface area contributed by atoms with E-state index in [0.717, 1.165) is 0 Å². The van der Waals surface area contributed by atoms with E-state index < -0.39 is 41.9 Å². The third-order valence-electron chi connectivity index (χ3n) is 3.34. The summed E-state index contributed by atoms with van der Waals surface area (Å²) in [5.41, 5.74) is 0. The lowest BCUT2D eigenvalue weighted by Crippen LogP contribution is -2.51. The number of ether oxygens (including phenoxy) is 1. The van der Waals surface area contributed by atoms with Gasteiger partial charge < -0.3 is 25.8 Å². The molecule has 4 N–H and O–H groups in total. The molecule has 0 radical (unpaired) electrons. The van der Waals surface area contributed by atoms with Crippen molar-refractivity contribution >= 4 is 29.7 Å². The summed E-state index contributed by atoms with van der Waals surface area (Å²) in [7, 11) is 0. The summed E-state index contributed by atoms with van der Waals surface area (Å²) in [6.07, 6.45) is 0.171. The number of aliphatic carboxylic acids is 1. The van der Waals surface area contributed by atoms with Crippen molar-refractivity contribution in [2.45, 2.75) is 65.1 Å². The van der Waals surface area contributed by atoms with Gasteiger partial charge in [0.2, 0.25) is 17.7 Å². The number of carbonyl (C=O) groups excluding carboxylic acids is 4. The van der Waals surface area contributed by atoms with Crippen LogP contribution in [0.4, 0.5) is 0 Å². The van der Waals surface area contributed by atoms with E-state index in [0.29, 0.717) is 25.8 Å². The first-order chi connectivity index (χ1) is 12.0. The van der Waals surface area contributed by atoms with Crippen molar-refractivity contribution < 1.29 is 33.8 Å². The summed E-state index contributed by atoms with van der Waals surface area (Å²) in [6, 6.07) is -1.92. The van der Waals surface area contributed by atoms with Crippen LogP contribution in [0.25, 0.3) is 0 Å². The van der Waals surface area contributed by atoms with Gasteiger partial charge in [0.15, 0.2) is 6.10 Å². The predicted octanol–water partition coefficient (Wildman–Crippen LogP) is -0.681. The maximum atomic E-state index is 12.3. The molecule has 26 heavy (non-hydrogen) atoms. The van der Waals surface area contributed by atoms with Crippen molar-refractivity contribution in [1.82, 2.24) is 16.0 Å². The smallest absolute Gasteiger partial charge is 0.344 e. The Labute approximate surface area is 152 Å². The fraction of sp³-hybridized carbons (Fsp3) is 0.688. The number of carbonyl (C=O) groups is 5. The first kappa shape index (κ1) is 23.4. The number of unbranched alkanes of at least 4 members (excludes halogenated alkanes) is 1. The second kappa shape index (κ2) is 11.8. The SMILES string of the molecule is CC(=O)NCCCC[C@H](NC(C)=O)C(=O)N[C@@H](C)C(=O)O[C@@H](C)C(=O)O. The van der Waals surface area contributed by atoms with Gasteiger partial charge in [0.05, 0.1) is 0 Å². The van der Waals surface area contributed by atoms with Gasteiger partial charge in [0.1, 0.15) is 12.1 Å². The summed E-state index contributed by atoms with van der Waals surface area (Å²) in [5.74, 6) is -3.31. The Bertz CT molecular complexity index is 536. The largest absolute Gasteiger partial charge is 0.479 e. The van der Waals surface area contributed by atoms with E-state index in [-0.39, 0.29) is 5.91 Å².